The predicted molar refractivity (Wildman–Crippen MR) is 76.5 cm³/mol. The lowest BCUT2D eigenvalue weighted by atomic mass is 10.1. The zero-order chi connectivity index (χ0) is 15.6. The number of nitro benzene ring substituents is 1. The molecule has 0 saturated heterocycles. The molecule has 110 valence electrons. The van der Waals surface area contributed by atoms with Gasteiger partial charge in [-0.05, 0) is 30.7 Å². The van der Waals surface area contributed by atoms with Gasteiger partial charge in [0.25, 0.3) is 0 Å². The second kappa shape index (κ2) is 6.05. The molecule has 0 aliphatic heterocycles. The van der Waals surface area contributed by atoms with Crippen molar-refractivity contribution in [2.75, 3.05) is 5.32 Å². The molecule has 0 spiro atoms. The largest absolute Gasteiger partial charge is 0.378 e. The average molecular weight is 313 g/mol. The summed E-state index contributed by atoms with van der Waals surface area (Å²) < 4.78 is 26.5. The van der Waals surface area contributed by atoms with Crippen molar-refractivity contribution in [2.45, 2.75) is 13.0 Å². The molecule has 2 aromatic carbocycles. The lowest BCUT2D eigenvalue weighted by Gasteiger charge is -2.17. The van der Waals surface area contributed by atoms with E-state index >= 15 is 0 Å². The third-order valence-corrected chi connectivity index (χ3v) is 3.28. The summed E-state index contributed by atoms with van der Waals surface area (Å²) in [6.07, 6.45) is 0. The first-order chi connectivity index (χ1) is 9.88. The average Bonchev–Trinajstić information content (AvgIpc) is 2.37. The van der Waals surface area contributed by atoms with Crippen molar-refractivity contribution in [3.63, 3.8) is 0 Å². The summed E-state index contributed by atoms with van der Waals surface area (Å²) in [4.78, 5) is 9.75. The maximum atomic E-state index is 13.5. The predicted octanol–water partition coefficient (Wildman–Crippen LogP) is 4.70. The van der Waals surface area contributed by atoms with Crippen LogP contribution in [0, 0.1) is 21.7 Å². The van der Waals surface area contributed by atoms with Gasteiger partial charge < -0.3 is 5.32 Å². The molecular formula is C14H11ClF2N2O2. The van der Waals surface area contributed by atoms with E-state index in [1.165, 1.54) is 24.3 Å². The van der Waals surface area contributed by atoms with Gasteiger partial charge in [0, 0.05) is 28.9 Å². The fourth-order valence-electron chi connectivity index (χ4n) is 1.93. The Bertz CT molecular complexity index is 695. The molecule has 1 unspecified atom stereocenters. The lowest BCUT2D eigenvalue weighted by molar-refractivity contribution is -0.387. The molecule has 2 rings (SSSR count). The molecule has 21 heavy (non-hydrogen) atoms. The van der Waals surface area contributed by atoms with Crippen LogP contribution in [0.3, 0.4) is 0 Å². The van der Waals surface area contributed by atoms with Crippen molar-refractivity contribution in [2.24, 2.45) is 0 Å². The first-order valence-corrected chi connectivity index (χ1v) is 6.41. The number of nitro groups is 1. The Morgan fingerprint density at radius 1 is 1.24 bits per heavy atom. The number of nitrogens with one attached hydrogen (secondary N) is 1. The fraction of sp³-hybridized carbons (Fsp3) is 0.143. The topological polar surface area (TPSA) is 55.2 Å². The summed E-state index contributed by atoms with van der Waals surface area (Å²) in [7, 11) is 0. The minimum Gasteiger partial charge on any atom is -0.378 e. The van der Waals surface area contributed by atoms with Gasteiger partial charge >= 0.3 is 5.69 Å². The zero-order valence-electron chi connectivity index (χ0n) is 10.9. The first-order valence-electron chi connectivity index (χ1n) is 6.04. The van der Waals surface area contributed by atoms with Gasteiger partial charge in [-0.25, -0.2) is 4.39 Å². The molecule has 1 N–H and O–H groups in total. The third-order valence-electron chi connectivity index (χ3n) is 2.96. The SMILES string of the molecule is CC(Nc1ccc([N+](=O)[O-])c(F)c1)c1ccc(F)cc1Cl. The zero-order valence-corrected chi connectivity index (χ0v) is 11.7. The van der Waals surface area contributed by atoms with Gasteiger partial charge in [0.15, 0.2) is 0 Å². The summed E-state index contributed by atoms with van der Waals surface area (Å²) in [5, 5.41) is 13.7. The van der Waals surface area contributed by atoms with E-state index < -0.39 is 22.2 Å². The number of hydrogen-bond donors (Lipinski definition) is 1. The summed E-state index contributed by atoms with van der Waals surface area (Å²) >= 11 is 5.95. The van der Waals surface area contributed by atoms with Gasteiger partial charge in [0.05, 0.1) is 4.92 Å². The van der Waals surface area contributed by atoms with Crippen molar-refractivity contribution in [1.82, 2.24) is 0 Å². The van der Waals surface area contributed by atoms with E-state index in [1.807, 2.05) is 0 Å². The van der Waals surface area contributed by atoms with Crippen molar-refractivity contribution < 1.29 is 13.7 Å². The molecule has 0 radical (unpaired) electrons. The van der Waals surface area contributed by atoms with Gasteiger partial charge in [0.2, 0.25) is 5.82 Å². The highest BCUT2D eigenvalue weighted by Gasteiger charge is 2.15. The van der Waals surface area contributed by atoms with E-state index in [4.69, 9.17) is 11.6 Å². The Balaban J connectivity index is 2.21. The van der Waals surface area contributed by atoms with E-state index in [1.54, 1.807) is 6.92 Å². The molecule has 0 saturated carbocycles. The summed E-state index contributed by atoms with van der Waals surface area (Å²) in [6, 6.07) is 7.18. The quantitative estimate of drug-likeness (QED) is 0.657. The van der Waals surface area contributed by atoms with Crippen LogP contribution >= 0.6 is 11.6 Å². The van der Waals surface area contributed by atoms with Gasteiger partial charge in [-0.2, -0.15) is 4.39 Å². The number of halogens is 3. The van der Waals surface area contributed by atoms with Crippen LogP contribution in [0.15, 0.2) is 36.4 Å². The normalized spacial score (nSPS) is 12.0. The van der Waals surface area contributed by atoms with Crippen molar-refractivity contribution in [3.8, 4) is 0 Å². The van der Waals surface area contributed by atoms with Crippen LogP contribution < -0.4 is 5.32 Å². The second-order valence-corrected chi connectivity index (χ2v) is 4.86. The van der Waals surface area contributed by atoms with Gasteiger partial charge in [-0.1, -0.05) is 17.7 Å². The van der Waals surface area contributed by atoms with Crippen LogP contribution in [0.25, 0.3) is 0 Å². The highest BCUT2D eigenvalue weighted by atomic mass is 35.5. The number of hydrogen-bond acceptors (Lipinski definition) is 3. The first kappa shape index (κ1) is 15.2. The Morgan fingerprint density at radius 2 is 1.95 bits per heavy atom. The van der Waals surface area contributed by atoms with E-state index in [0.29, 0.717) is 11.3 Å². The molecule has 4 nitrogen and oxygen atoms in total. The maximum absolute atomic E-state index is 13.5. The molecule has 0 heterocycles. The molecule has 0 fully saturated rings. The highest BCUT2D eigenvalue weighted by molar-refractivity contribution is 6.31. The van der Waals surface area contributed by atoms with E-state index in [-0.39, 0.29) is 11.1 Å². The molecule has 7 heteroatoms. The molecule has 0 bridgehead atoms. The molecule has 0 aliphatic rings. The second-order valence-electron chi connectivity index (χ2n) is 4.46. The van der Waals surface area contributed by atoms with E-state index in [2.05, 4.69) is 5.32 Å². The van der Waals surface area contributed by atoms with Gasteiger partial charge in [-0.15, -0.1) is 0 Å². The molecule has 0 aliphatic carbocycles. The molecule has 0 amide bonds. The van der Waals surface area contributed by atoms with Crippen LogP contribution in [0.4, 0.5) is 20.2 Å². The third kappa shape index (κ3) is 3.46. The minimum absolute atomic E-state index is 0.248. The van der Waals surface area contributed by atoms with Crippen molar-refractivity contribution >= 4 is 23.0 Å². The van der Waals surface area contributed by atoms with E-state index in [9.17, 15) is 18.9 Å². The Hall–Kier alpha value is -2.21. The Labute approximate surface area is 124 Å². The fourth-order valence-corrected chi connectivity index (χ4v) is 2.26. The van der Waals surface area contributed by atoms with Crippen LogP contribution in [0.1, 0.15) is 18.5 Å². The lowest BCUT2D eigenvalue weighted by Crippen LogP contribution is -2.08. The van der Waals surface area contributed by atoms with Crippen LogP contribution in [0.5, 0.6) is 0 Å². The Morgan fingerprint density at radius 3 is 2.52 bits per heavy atom. The monoisotopic (exact) mass is 312 g/mol. The molecule has 2 aromatic rings. The van der Waals surface area contributed by atoms with Crippen molar-refractivity contribution in [1.29, 1.82) is 0 Å². The summed E-state index contributed by atoms with van der Waals surface area (Å²) in [5.41, 5.74) is 0.413. The summed E-state index contributed by atoms with van der Waals surface area (Å²) in [5.74, 6) is -1.38. The number of benzene rings is 2. The van der Waals surface area contributed by atoms with Gasteiger partial charge in [0.1, 0.15) is 5.82 Å². The molecular weight excluding hydrogens is 302 g/mol. The van der Waals surface area contributed by atoms with Crippen molar-refractivity contribution in [3.05, 3.63) is 68.7 Å². The summed E-state index contributed by atoms with van der Waals surface area (Å²) in [6.45, 7) is 1.76. The maximum Gasteiger partial charge on any atom is 0.304 e. The molecule has 1 atom stereocenters. The Kier molecular flexibility index (Phi) is 4.37. The minimum atomic E-state index is -0.928. The number of nitrogens with zero attached hydrogens (tertiary/aromatic N) is 1. The highest BCUT2D eigenvalue weighted by Crippen LogP contribution is 2.28. The smallest absolute Gasteiger partial charge is 0.304 e. The van der Waals surface area contributed by atoms with Crippen LogP contribution in [0.2, 0.25) is 5.02 Å². The number of anilines is 1. The molecule has 0 aromatic heterocycles. The van der Waals surface area contributed by atoms with Crippen LogP contribution in [-0.2, 0) is 0 Å². The number of rotatable bonds is 4. The van der Waals surface area contributed by atoms with E-state index in [0.717, 1.165) is 12.1 Å². The van der Waals surface area contributed by atoms with Gasteiger partial charge in [-0.3, -0.25) is 10.1 Å². The standard InChI is InChI=1S/C14H11ClF2N2O2/c1-8(11-4-2-9(16)6-12(11)15)18-10-3-5-14(19(20)21)13(17)7-10/h2-8,18H,1H3. The van der Waals surface area contributed by atoms with Crippen LogP contribution in [-0.4, -0.2) is 4.92 Å².